The van der Waals surface area contributed by atoms with Crippen LogP contribution in [-0.4, -0.2) is 23.6 Å². The standard InChI is InChI=1S/C16H20BrN3O/c1-4-9-18-16-14(17)13(10-21-3)19-15(20-16)12-7-5-11(2)6-8-12/h5-8H,4,9-10H2,1-3H3,(H,18,19,20). The molecule has 2 aromatic rings. The van der Waals surface area contributed by atoms with Crippen molar-refractivity contribution in [3.8, 4) is 11.4 Å². The van der Waals surface area contributed by atoms with Crippen molar-refractivity contribution in [1.29, 1.82) is 0 Å². The van der Waals surface area contributed by atoms with Crippen LogP contribution >= 0.6 is 15.9 Å². The molecule has 0 unspecified atom stereocenters. The van der Waals surface area contributed by atoms with Gasteiger partial charge in [0.2, 0.25) is 0 Å². The van der Waals surface area contributed by atoms with Crippen molar-refractivity contribution in [2.24, 2.45) is 0 Å². The van der Waals surface area contributed by atoms with Gasteiger partial charge in [-0.15, -0.1) is 0 Å². The van der Waals surface area contributed by atoms with Gasteiger partial charge in [0.1, 0.15) is 5.82 Å². The zero-order chi connectivity index (χ0) is 15.2. The van der Waals surface area contributed by atoms with Gasteiger partial charge in [0.05, 0.1) is 16.8 Å². The van der Waals surface area contributed by atoms with Gasteiger partial charge in [-0.2, -0.15) is 0 Å². The molecule has 0 spiro atoms. The molecule has 0 fully saturated rings. The Kier molecular flexibility index (Phi) is 5.70. The lowest BCUT2D eigenvalue weighted by Gasteiger charge is -2.12. The predicted molar refractivity (Wildman–Crippen MR) is 89.4 cm³/mol. The molecule has 4 nitrogen and oxygen atoms in total. The molecule has 5 heteroatoms. The summed E-state index contributed by atoms with van der Waals surface area (Å²) < 4.78 is 6.10. The maximum absolute atomic E-state index is 5.23. The van der Waals surface area contributed by atoms with Crippen LogP contribution in [-0.2, 0) is 11.3 Å². The highest BCUT2D eigenvalue weighted by Gasteiger charge is 2.13. The molecule has 1 aromatic carbocycles. The second-order valence-corrected chi connectivity index (χ2v) is 5.68. The number of ether oxygens (including phenoxy) is 1. The molecule has 2 rings (SSSR count). The van der Waals surface area contributed by atoms with Gasteiger partial charge in [0.15, 0.2) is 5.82 Å². The Labute approximate surface area is 134 Å². The van der Waals surface area contributed by atoms with Crippen LogP contribution in [0.3, 0.4) is 0 Å². The highest BCUT2D eigenvalue weighted by molar-refractivity contribution is 9.10. The van der Waals surface area contributed by atoms with Gasteiger partial charge in [0.25, 0.3) is 0 Å². The fourth-order valence-corrected chi connectivity index (χ4v) is 2.35. The number of aromatic nitrogens is 2. The highest BCUT2D eigenvalue weighted by atomic mass is 79.9. The molecule has 0 amide bonds. The van der Waals surface area contributed by atoms with E-state index in [2.05, 4.69) is 57.2 Å². The van der Waals surface area contributed by atoms with E-state index >= 15 is 0 Å². The zero-order valence-electron chi connectivity index (χ0n) is 12.6. The largest absolute Gasteiger partial charge is 0.378 e. The molecule has 21 heavy (non-hydrogen) atoms. The smallest absolute Gasteiger partial charge is 0.161 e. The molecule has 0 radical (unpaired) electrons. The van der Waals surface area contributed by atoms with Crippen molar-refractivity contribution in [1.82, 2.24) is 9.97 Å². The number of rotatable bonds is 6. The Bertz CT molecular complexity index is 599. The van der Waals surface area contributed by atoms with E-state index in [0.29, 0.717) is 12.4 Å². The molecule has 1 aromatic heterocycles. The van der Waals surface area contributed by atoms with Crippen LogP contribution in [0.4, 0.5) is 5.82 Å². The molecular formula is C16H20BrN3O. The first-order valence-corrected chi connectivity index (χ1v) is 7.81. The number of anilines is 1. The summed E-state index contributed by atoms with van der Waals surface area (Å²) in [5.74, 6) is 1.53. The van der Waals surface area contributed by atoms with Gasteiger partial charge in [0, 0.05) is 19.2 Å². The molecule has 1 heterocycles. The average Bonchev–Trinajstić information content (AvgIpc) is 2.49. The Balaban J connectivity index is 2.44. The van der Waals surface area contributed by atoms with Gasteiger partial charge < -0.3 is 10.1 Å². The number of methoxy groups -OCH3 is 1. The summed E-state index contributed by atoms with van der Waals surface area (Å²) in [5.41, 5.74) is 3.07. The Morgan fingerprint density at radius 2 is 1.90 bits per heavy atom. The van der Waals surface area contributed by atoms with E-state index in [9.17, 15) is 0 Å². The molecule has 112 valence electrons. The number of hydrogen-bond acceptors (Lipinski definition) is 4. The molecule has 0 atom stereocenters. The molecular weight excluding hydrogens is 330 g/mol. The van der Waals surface area contributed by atoms with E-state index in [0.717, 1.165) is 34.5 Å². The SMILES string of the molecule is CCCNc1nc(-c2ccc(C)cc2)nc(COC)c1Br. The minimum atomic E-state index is 0.447. The summed E-state index contributed by atoms with van der Waals surface area (Å²) >= 11 is 3.56. The molecule has 1 N–H and O–H groups in total. The predicted octanol–water partition coefficient (Wildman–Crippen LogP) is 4.18. The Morgan fingerprint density at radius 1 is 1.19 bits per heavy atom. The van der Waals surface area contributed by atoms with Crippen LogP contribution in [0, 0.1) is 6.92 Å². The summed E-state index contributed by atoms with van der Waals surface area (Å²) in [6, 6.07) is 8.21. The summed E-state index contributed by atoms with van der Waals surface area (Å²) in [7, 11) is 1.67. The van der Waals surface area contributed by atoms with Gasteiger partial charge in [-0.05, 0) is 29.3 Å². The lowest BCUT2D eigenvalue weighted by atomic mass is 10.1. The molecule has 0 saturated carbocycles. The van der Waals surface area contributed by atoms with Crippen molar-refractivity contribution in [2.75, 3.05) is 19.0 Å². The summed E-state index contributed by atoms with van der Waals surface area (Å²) in [6.45, 7) is 5.51. The maximum Gasteiger partial charge on any atom is 0.161 e. The Hall–Kier alpha value is -1.46. The number of hydrogen-bond donors (Lipinski definition) is 1. The van der Waals surface area contributed by atoms with Crippen molar-refractivity contribution in [2.45, 2.75) is 26.9 Å². The summed E-state index contributed by atoms with van der Waals surface area (Å²) in [6.07, 6.45) is 1.04. The summed E-state index contributed by atoms with van der Waals surface area (Å²) in [5, 5.41) is 3.33. The van der Waals surface area contributed by atoms with Gasteiger partial charge in [-0.25, -0.2) is 9.97 Å². The van der Waals surface area contributed by atoms with Crippen LogP contribution in [0.15, 0.2) is 28.7 Å². The molecule has 0 aliphatic heterocycles. The first-order chi connectivity index (χ1) is 10.2. The monoisotopic (exact) mass is 349 g/mol. The third kappa shape index (κ3) is 4.02. The molecule has 0 aliphatic rings. The fourth-order valence-electron chi connectivity index (χ4n) is 1.92. The van der Waals surface area contributed by atoms with Crippen LogP contribution < -0.4 is 5.32 Å². The van der Waals surface area contributed by atoms with Crippen molar-refractivity contribution >= 4 is 21.7 Å². The summed E-state index contributed by atoms with van der Waals surface area (Å²) in [4.78, 5) is 9.24. The molecule has 0 bridgehead atoms. The van der Waals surface area contributed by atoms with E-state index in [1.54, 1.807) is 7.11 Å². The van der Waals surface area contributed by atoms with Crippen LogP contribution in [0.2, 0.25) is 0 Å². The van der Waals surface area contributed by atoms with Gasteiger partial charge >= 0.3 is 0 Å². The number of aryl methyl sites for hydroxylation is 1. The molecule has 0 aliphatic carbocycles. The lowest BCUT2D eigenvalue weighted by molar-refractivity contribution is 0.181. The minimum absolute atomic E-state index is 0.447. The third-order valence-corrected chi connectivity index (χ3v) is 3.89. The molecule has 0 saturated heterocycles. The third-order valence-electron chi connectivity index (χ3n) is 3.05. The second-order valence-electron chi connectivity index (χ2n) is 4.88. The normalized spacial score (nSPS) is 10.7. The van der Waals surface area contributed by atoms with E-state index in [1.807, 2.05) is 12.1 Å². The quantitative estimate of drug-likeness (QED) is 0.849. The highest BCUT2D eigenvalue weighted by Crippen LogP contribution is 2.27. The van der Waals surface area contributed by atoms with E-state index in [-0.39, 0.29) is 0 Å². The number of nitrogens with one attached hydrogen (secondary N) is 1. The minimum Gasteiger partial charge on any atom is -0.378 e. The van der Waals surface area contributed by atoms with Crippen LogP contribution in [0.5, 0.6) is 0 Å². The van der Waals surface area contributed by atoms with Crippen molar-refractivity contribution < 1.29 is 4.74 Å². The number of nitrogens with zero attached hydrogens (tertiary/aromatic N) is 2. The van der Waals surface area contributed by atoms with E-state index in [1.165, 1.54) is 5.56 Å². The van der Waals surface area contributed by atoms with Gasteiger partial charge in [-0.3, -0.25) is 0 Å². The number of halogens is 1. The topological polar surface area (TPSA) is 47.0 Å². The second kappa shape index (κ2) is 7.52. The lowest BCUT2D eigenvalue weighted by Crippen LogP contribution is -2.08. The van der Waals surface area contributed by atoms with Crippen molar-refractivity contribution in [3.05, 3.63) is 40.0 Å². The van der Waals surface area contributed by atoms with Crippen LogP contribution in [0.25, 0.3) is 11.4 Å². The van der Waals surface area contributed by atoms with Gasteiger partial charge in [-0.1, -0.05) is 36.8 Å². The van der Waals surface area contributed by atoms with E-state index in [4.69, 9.17) is 4.74 Å². The first-order valence-electron chi connectivity index (χ1n) is 7.02. The van der Waals surface area contributed by atoms with Crippen LogP contribution in [0.1, 0.15) is 24.6 Å². The van der Waals surface area contributed by atoms with Crippen molar-refractivity contribution in [3.63, 3.8) is 0 Å². The first kappa shape index (κ1) is 15.9. The van der Waals surface area contributed by atoms with E-state index < -0.39 is 0 Å². The zero-order valence-corrected chi connectivity index (χ0v) is 14.2. The maximum atomic E-state index is 5.23. The Morgan fingerprint density at radius 3 is 2.52 bits per heavy atom. The number of benzene rings is 1. The average molecular weight is 350 g/mol. The fraction of sp³-hybridized carbons (Fsp3) is 0.375.